The molecule has 1 atom stereocenters. The van der Waals surface area contributed by atoms with Gasteiger partial charge in [-0.05, 0) is 38.0 Å². The van der Waals surface area contributed by atoms with E-state index in [-0.39, 0.29) is 18.2 Å². The molecule has 17 heavy (non-hydrogen) atoms. The quantitative estimate of drug-likeness (QED) is 0.893. The molecule has 0 aliphatic heterocycles. The summed E-state index contributed by atoms with van der Waals surface area (Å²) in [5.74, 6) is -0.479. The molecular formula is C13H15ClN2O. The van der Waals surface area contributed by atoms with Crippen molar-refractivity contribution in [2.45, 2.75) is 27.2 Å². The lowest BCUT2D eigenvalue weighted by Gasteiger charge is -2.11. The smallest absolute Gasteiger partial charge is 0.225 e. The fourth-order valence-electron chi connectivity index (χ4n) is 1.59. The van der Waals surface area contributed by atoms with Gasteiger partial charge in [-0.3, -0.25) is 4.79 Å². The summed E-state index contributed by atoms with van der Waals surface area (Å²) in [6.07, 6.45) is 0.181. The first kappa shape index (κ1) is 13.5. The molecule has 0 radical (unpaired) electrons. The van der Waals surface area contributed by atoms with Crippen LogP contribution in [-0.2, 0) is 4.79 Å². The number of halogens is 1. The van der Waals surface area contributed by atoms with Crippen LogP contribution in [0.2, 0.25) is 5.02 Å². The number of amides is 1. The van der Waals surface area contributed by atoms with Crippen LogP contribution >= 0.6 is 11.6 Å². The van der Waals surface area contributed by atoms with E-state index < -0.39 is 0 Å². The van der Waals surface area contributed by atoms with Crippen LogP contribution < -0.4 is 5.32 Å². The highest BCUT2D eigenvalue weighted by Crippen LogP contribution is 2.27. The van der Waals surface area contributed by atoms with Gasteiger partial charge in [-0.2, -0.15) is 5.26 Å². The number of carbonyl (C=O) groups excluding carboxylic acids is 1. The Labute approximate surface area is 106 Å². The summed E-state index contributed by atoms with van der Waals surface area (Å²) >= 11 is 6.07. The summed E-state index contributed by atoms with van der Waals surface area (Å²) in [7, 11) is 0. The third kappa shape index (κ3) is 3.76. The molecule has 90 valence electrons. The molecule has 4 heteroatoms. The maximum absolute atomic E-state index is 11.7. The first-order valence-electron chi connectivity index (χ1n) is 5.40. The number of anilines is 1. The highest BCUT2D eigenvalue weighted by Gasteiger charge is 2.12. The zero-order valence-electron chi connectivity index (χ0n) is 10.2. The molecule has 0 aromatic heterocycles. The van der Waals surface area contributed by atoms with Crippen molar-refractivity contribution < 1.29 is 4.79 Å². The third-order valence-corrected chi connectivity index (χ3v) is 2.71. The molecule has 1 aromatic carbocycles. The van der Waals surface area contributed by atoms with Crippen molar-refractivity contribution in [1.29, 1.82) is 5.26 Å². The van der Waals surface area contributed by atoms with Crippen molar-refractivity contribution in [2.24, 2.45) is 5.92 Å². The number of nitriles is 1. The molecule has 0 aliphatic rings. The number of rotatable bonds is 3. The summed E-state index contributed by atoms with van der Waals surface area (Å²) < 4.78 is 0. The Kier molecular flexibility index (Phi) is 4.53. The average Bonchev–Trinajstić information content (AvgIpc) is 2.23. The molecule has 0 aliphatic carbocycles. The van der Waals surface area contributed by atoms with Gasteiger partial charge in [0, 0.05) is 6.42 Å². The first-order chi connectivity index (χ1) is 7.93. The van der Waals surface area contributed by atoms with E-state index in [1.54, 1.807) is 13.0 Å². The second kappa shape index (κ2) is 5.70. The van der Waals surface area contributed by atoms with Crippen LogP contribution in [0.5, 0.6) is 0 Å². The zero-order valence-corrected chi connectivity index (χ0v) is 10.9. The molecule has 3 nitrogen and oxygen atoms in total. The fraction of sp³-hybridized carbons (Fsp3) is 0.385. The van der Waals surface area contributed by atoms with Crippen LogP contribution in [0.15, 0.2) is 12.1 Å². The van der Waals surface area contributed by atoms with Gasteiger partial charge in [-0.15, -0.1) is 0 Å². The van der Waals surface area contributed by atoms with Crippen molar-refractivity contribution >= 4 is 23.2 Å². The molecular weight excluding hydrogens is 236 g/mol. The highest BCUT2D eigenvalue weighted by atomic mass is 35.5. The molecule has 0 spiro atoms. The van der Waals surface area contributed by atoms with Gasteiger partial charge in [-0.25, -0.2) is 0 Å². The Bertz CT molecular complexity index is 454. The van der Waals surface area contributed by atoms with Gasteiger partial charge in [0.25, 0.3) is 0 Å². The Balaban J connectivity index is 2.83. The van der Waals surface area contributed by atoms with E-state index in [2.05, 4.69) is 5.32 Å². The van der Waals surface area contributed by atoms with E-state index >= 15 is 0 Å². The molecule has 1 N–H and O–H groups in total. The highest BCUT2D eigenvalue weighted by molar-refractivity contribution is 6.34. The summed E-state index contributed by atoms with van der Waals surface area (Å²) in [5, 5.41) is 11.9. The van der Waals surface area contributed by atoms with Gasteiger partial charge in [-0.1, -0.05) is 17.7 Å². The molecule has 1 rings (SSSR count). The van der Waals surface area contributed by atoms with Crippen LogP contribution in [0.3, 0.4) is 0 Å². The number of hydrogen-bond acceptors (Lipinski definition) is 2. The standard InChI is InChI=1S/C13H15ClN2O/c1-8-4-10(3)13(11(14)5-8)16-12(17)6-9(2)7-15/h4-5,9H,6H2,1-3H3,(H,16,17). The van der Waals surface area contributed by atoms with Gasteiger partial charge in [0.1, 0.15) is 0 Å². The molecule has 0 fully saturated rings. The topological polar surface area (TPSA) is 52.9 Å². The van der Waals surface area contributed by atoms with Gasteiger partial charge >= 0.3 is 0 Å². The molecule has 1 aromatic rings. The predicted octanol–water partition coefficient (Wildman–Crippen LogP) is 3.45. The number of benzene rings is 1. The Hall–Kier alpha value is -1.53. The van der Waals surface area contributed by atoms with E-state index in [9.17, 15) is 4.79 Å². The lowest BCUT2D eigenvalue weighted by molar-refractivity contribution is -0.116. The lowest BCUT2D eigenvalue weighted by Crippen LogP contribution is -2.15. The predicted molar refractivity (Wildman–Crippen MR) is 68.9 cm³/mol. The van der Waals surface area contributed by atoms with Crippen molar-refractivity contribution in [3.8, 4) is 6.07 Å². The van der Waals surface area contributed by atoms with Gasteiger partial charge < -0.3 is 5.32 Å². The van der Waals surface area contributed by atoms with Gasteiger partial charge in [0.05, 0.1) is 22.7 Å². The minimum atomic E-state index is -0.292. The Morgan fingerprint density at radius 2 is 2.18 bits per heavy atom. The first-order valence-corrected chi connectivity index (χ1v) is 5.78. The van der Waals surface area contributed by atoms with Gasteiger partial charge in [0.15, 0.2) is 0 Å². The average molecular weight is 251 g/mol. The van der Waals surface area contributed by atoms with Crippen molar-refractivity contribution in [3.63, 3.8) is 0 Å². The molecule has 0 heterocycles. The Morgan fingerprint density at radius 3 is 2.71 bits per heavy atom. The maximum atomic E-state index is 11.7. The van der Waals surface area contributed by atoms with Crippen molar-refractivity contribution in [1.82, 2.24) is 0 Å². The Morgan fingerprint density at radius 1 is 1.53 bits per heavy atom. The molecule has 1 amide bonds. The minimum absolute atomic E-state index is 0.181. The van der Waals surface area contributed by atoms with Gasteiger partial charge in [0.2, 0.25) is 5.91 Å². The molecule has 0 saturated carbocycles. The summed E-state index contributed by atoms with van der Waals surface area (Å²) in [6, 6.07) is 5.78. The van der Waals surface area contributed by atoms with E-state index in [4.69, 9.17) is 16.9 Å². The zero-order chi connectivity index (χ0) is 13.0. The van der Waals surface area contributed by atoms with Crippen molar-refractivity contribution in [3.05, 3.63) is 28.3 Å². The van der Waals surface area contributed by atoms with E-state index in [0.717, 1.165) is 11.1 Å². The van der Waals surface area contributed by atoms with E-state index in [1.807, 2.05) is 26.0 Å². The van der Waals surface area contributed by atoms with E-state index in [1.165, 1.54) is 0 Å². The number of nitrogens with zero attached hydrogens (tertiary/aromatic N) is 1. The number of nitrogens with one attached hydrogen (secondary N) is 1. The molecule has 0 saturated heterocycles. The molecule has 1 unspecified atom stereocenters. The van der Waals surface area contributed by atoms with Crippen LogP contribution in [-0.4, -0.2) is 5.91 Å². The number of carbonyl (C=O) groups is 1. The summed E-state index contributed by atoms with van der Waals surface area (Å²) in [6.45, 7) is 5.55. The molecule has 0 bridgehead atoms. The van der Waals surface area contributed by atoms with E-state index in [0.29, 0.717) is 10.7 Å². The minimum Gasteiger partial charge on any atom is -0.325 e. The largest absolute Gasteiger partial charge is 0.325 e. The summed E-state index contributed by atoms with van der Waals surface area (Å²) in [4.78, 5) is 11.7. The summed E-state index contributed by atoms with van der Waals surface area (Å²) in [5.41, 5.74) is 2.61. The lowest BCUT2D eigenvalue weighted by atomic mass is 10.1. The third-order valence-electron chi connectivity index (χ3n) is 2.41. The van der Waals surface area contributed by atoms with Crippen LogP contribution in [0.1, 0.15) is 24.5 Å². The monoisotopic (exact) mass is 250 g/mol. The second-order valence-electron chi connectivity index (χ2n) is 4.22. The van der Waals surface area contributed by atoms with Crippen molar-refractivity contribution in [2.75, 3.05) is 5.32 Å². The normalized spacial score (nSPS) is 11.7. The van der Waals surface area contributed by atoms with Crippen LogP contribution in [0.4, 0.5) is 5.69 Å². The SMILES string of the molecule is Cc1cc(C)c(NC(=O)CC(C)C#N)c(Cl)c1. The number of aryl methyl sites for hydroxylation is 2. The maximum Gasteiger partial charge on any atom is 0.225 e. The number of hydrogen-bond donors (Lipinski definition) is 1. The van der Waals surface area contributed by atoms with Crippen LogP contribution in [0, 0.1) is 31.1 Å². The fourth-order valence-corrected chi connectivity index (χ4v) is 1.96. The second-order valence-corrected chi connectivity index (χ2v) is 4.63. The van der Waals surface area contributed by atoms with Crippen LogP contribution in [0.25, 0.3) is 0 Å².